The van der Waals surface area contributed by atoms with Crippen LogP contribution in [0.3, 0.4) is 0 Å². The highest BCUT2D eigenvalue weighted by atomic mass is 19.1. The number of carbonyl (C=O) groups is 2. The second-order valence-electron chi connectivity index (χ2n) is 12.3. The molecule has 44 heavy (non-hydrogen) atoms. The number of rotatable bonds is 5. The quantitative estimate of drug-likeness (QED) is 0.286. The summed E-state index contributed by atoms with van der Waals surface area (Å²) in [7, 11) is 1.79. The average Bonchev–Trinajstić information content (AvgIpc) is 3.16. The van der Waals surface area contributed by atoms with Gasteiger partial charge in [0.1, 0.15) is 23.8 Å². The van der Waals surface area contributed by atoms with E-state index < -0.39 is 11.7 Å². The molecule has 2 amide bonds. The maximum Gasteiger partial charge on any atom is 0.437 e. The molecule has 0 atom stereocenters. The van der Waals surface area contributed by atoms with Crippen LogP contribution in [-0.2, 0) is 24.9 Å². The van der Waals surface area contributed by atoms with Gasteiger partial charge in [-0.05, 0) is 100 Å². The lowest BCUT2D eigenvalue weighted by molar-refractivity contribution is 0.0593. The van der Waals surface area contributed by atoms with Crippen LogP contribution >= 0.6 is 0 Å². The fraction of sp³-hybridized carbons (Fsp3) is 0.353. The van der Waals surface area contributed by atoms with Crippen LogP contribution < -0.4 is 10.4 Å². The van der Waals surface area contributed by atoms with E-state index in [2.05, 4.69) is 9.98 Å². The Kier molecular flexibility index (Phi) is 8.45. The molecule has 0 N–H and O–H groups in total. The minimum Gasteiger partial charge on any atom is -0.490 e. The van der Waals surface area contributed by atoms with Crippen LogP contribution in [0.2, 0.25) is 0 Å². The third-order valence-corrected chi connectivity index (χ3v) is 7.24. The predicted molar refractivity (Wildman–Crippen MR) is 165 cm³/mol. The summed E-state index contributed by atoms with van der Waals surface area (Å²) < 4.78 is 29.3. The summed E-state index contributed by atoms with van der Waals surface area (Å²) in [5.41, 5.74) is 5.83. The molecule has 5 rings (SSSR count). The van der Waals surface area contributed by atoms with Gasteiger partial charge in [0.2, 0.25) is 5.62 Å². The average molecular weight is 600 g/mol. The maximum absolute atomic E-state index is 14.2. The number of nitrogens with zero attached hydrogens (tertiary/aromatic N) is 5. The van der Waals surface area contributed by atoms with Gasteiger partial charge in [0, 0.05) is 30.7 Å². The lowest BCUT2D eigenvalue weighted by Gasteiger charge is -2.21. The summed E-state index contributed by atoms with van der Waals surface area (Å²) >= 11 is 0. The highest BCUT2D eigenvalue weighted by Gasteiger charge is 2.28. The molecule has 0 saturated carbocycles. The van der Waals surface area contributed by atoms with Crippen LogP contribution in [0, 0.1) is 26.6 Å². The van der Waals surface area contributed by atoms with Crippen molar-refractivity contribution in [1.82, 2.24) is 19.0 Å². The zero-order chi connectivity index (χ0) is 31.8. The normalized spacial score (nSPS) is 13.9. The molecule has 0 bridgehead atoms. The van der Waals surface area contributed by atoms with Gasteiger partial charge < -0.3 is 23.5 Å². The minimum absolute atomic E-state index is 0.182. The summed E-state index contributed by atoms with van der Waals surface area (Å²) in [6.07, 6.45) is 2.91. The van der Waals surface area contributed by atoms with Gasteiger partial charge in [-0.15, -0.1) is 4.99 Å². The SMILES string of the molecule is Cc1cc(C)nc(CN2CCOc3c(cc(Cn4ccn(C)c4=NC(=O)OC(C)(C)C)cc3-c3ccc(F)cc3C)C2=O)c1. The summed E-state index contributed by atoms with van der Waals surface area (Å²) in [5.74, 6) is -0.0648. The van der Waals surface area contributed by atoms with Crippen LogP contribution in [0.15, 0.2) is 59.9 Å². The van der Waals surface area contributed by atoms with Gasteiger partial charge in [-0.25, -0.2) is 9.18 Å². The number of fused-ring (bicyclic) bond motifs is 1. The topological polar surface area (TPSA) is 91.0 Å². The van der Waals surface area contributed by atoms with Crippen LogP contribution in [0.25, 0.3) is 11.1 Å². The molecule has 10 heteroatoms. The van der Waals surface area contributed by atoms with Crippen molar-refractivity contribution in [3.8, 4) is 16.9 Å². The van der Waals surface area contributed by atoms with Gasteiger partial charge in [-0.3, -0.25) is 9.78 Å². The zero-order valence-corrected chi connectivity index (χ0v) is 26.3. The first kappa shape index (κ1) is 30.7. The van der Waals surface area contributed by atoms with E-state index >= 15 is 0 Å². The van der Waals surface area contributed by atoms with Crippen molar-refractivity contribution in [3.05, 3.63) is 99.9 Å². The van der Waals surface area contributed by atoms with Crippen molar-refractivity contribution in [2.24, 2.45) is 12.0 Å². The lowest BCUT2D eigenvalue weighted by atomic mass is 9.94. The number of pyridine rings is 1. The number of hydrogen-bond acceptors (Lipinski definition) is 5. The van der Waals surface area contributed by atoms with Crippen LogP contribution in [0.4, 0.5) is 9.18 Å². The van der Waals surface area contributed by atoms with E-state index in [0.717, 1.165) is 28.1 Å². The zero-order valence-electron chi connectivity index (χ0n) is 26.3. The van der Waals surface area contributed by atoms with E-state index in [1.54, 1.807) is 49.5 Å². The van der Waals surface area contributed by atoms with Crippen molar-refractivity contribution < 1.29 is 23.5 Å². The van der Waals surface area contributed by atoms with Gasteiger partial charge in [0.25, 0.3) is 5.91 Å². The highest BCUT2D eigenvalue weighted by Crippen LogP contribution is 2.38. The number of amides is 2. The van der Waals surface area contributed by atoms with Crippen LogP contribution in [0.5, 0.6) is 5.75 Å². The van der Waals surface area contributed by atoms with E-state index in [9.17, 15) is 14.0 Å². The number of halogens is 1. The van der Waals surface area contributed by atoms with Crippen LogP contribution in [-0.4, -0.2) is 49.8 Å². The maximum atomic E-state index is 14.2. The summed E-state index contributed by atoms with van der Waals surface area (Å²) in [6.45, 7) is 12.4. The minimum atomic E-state index is -0.697. The molecule has 3 heterocycles. The molecule has 0 fully saturated rings. The second kappa shape index (κ2) is 12.1. The first-order valence-corrected chi connectivity index (χ1v) is 14.6. The molecule has 1 aliphatic heterocycles. The third-order valence-electron chi connectivity index (χ3n) is 7.24. The Morgan fingerprint density at radius 2 is 1.77 bits per heavy atom. The molecule has 0 spiro atoms. The molecule has 1 aliphatic rings. The number of ether oxygens (including phenoxy) is 2. The Balaban J connectivity index is 1.60. The molecular weight excluding hydrogens is 561 g/mol. The molecular formula is C34H38FN5O4. The number of hydrogen-bond donors (Lipinski definition) is 0. The molecule has 0 radical (unpaired) electrons. The first-order chi connectivity index (χ1) is 20.8. The van der Waals surface area contributed by atoms with Crippen LogP contribution in [0.1, 0.15) is 59.2 Å². The molecule has 0 aliphatic carbocycles. The van der Waals surface area contributed by atoms with E-state index in [0.29, 0.717) is 54.3 Å². The lowest BCUT2D eigenvalue weighted by Crippen LogP contribution is -2.32. The summed E-state index contributed by atoms with van der Waals surface area (Å²) in [6, 6.07) is 12.3. The van der Waals surface area contributed by atoms with Gasteiger partial charge in [0.05, 0.1) is 30.9 Å². The van der Waals surface area contributed by atoms with Crippen molar-refractivity contribution in [2.45, 2.75) is 60.2 Å². The monoisotopic (exact) mass is 599 g/mol. The first-order valence-electron chi connectivity index (χ1n) is 14.6. The van der Waals surface area contributed by atoms with Crippen molar-refractivity contribution in [2.75, 3.05) is 13.2 Å². The molecule has 230 valence electrons. The smallest absolute Gasteiger partial charge is 0.437 e. The Bertz CT molecular complexity index is 1800. The van der Waals surface area contributed by atoms with Gasteiger partial charge in [-0.2, -0.15) is 0 Å². The Morgan fingerprint density at radius 3 is 2.48 bits per heavy atom. The number of carbonyl (C=O) groups excluding carboxylic acids is 2. The number of benzene rings is 2. The number of imidazole rings is 1. The molecule has 0 unspecified atom stereocenters. The fourth-order valence-corrected chi connectivity index (χ4v) is 5.45. The van der Waals surface area contributed by atoms with E-state index in [1.165, 1.54) is 12.1 Å². The van der Waals surface area contributed by atoms with Gasteiger partial charge >= 0.3 is 6.09 Å². The van der Waals surface area contributed by atoms with E-state index in [1.807, 2.05) is 55.8 Å². The van der Waals surface area contributed by atoms with Crippen molar-refractivity contribution >= 4 is 12.0 Å². The van der Waals surface area contributed by atoms with Crippen molar-refractivity contribution in [1.29, 1.82) is 0 Å². The predicted octanol–water partition coefficient (Wildman–Crippen LogP) is 5.87. The molecule has 0 saturated heterocycles. The third kappa shape index (κ3) is 6.90. The summed E-state index contributed by atoms with van der Waals surface area (Å²) in [4.78, 5) is 37.3. The Labute approximate surface area is 256 Å². The van der Waals surface area contributed by atoms with Crippen molar-refractivity contribution in [3.63, 3.8) is 0 Å². The fourth-order valence-electron chi connectivity index (χ4n) is 5.45. The number of aryl methyl sites for hydroxylation is 4. The molecule has 4 aromatic rings. The Hall–Kier alpha value is -4.73. The molecule has 9 nitrogen and oxygen atoms in total. The molecule has 2 aromatic carbocycles. The number of aromatic nitrogens is 3. The summed E-state index contributed by atoms with van der Waals surface area (Å²) in [5, 5.41) is 0. The highest BCUT2D eigenvalue weighted by molar-refractivity contribution is 6.00. The Morgan fingerprint density at radius 1 is 1.02 bits per heavy atom. The van der Waals surface area contributed by atoms with E-state index in [4.69, 9.17) is 9.47 Å². The second-order valence-corrected chi connectivity index (χ2v) is 12.3. The van der Waals surface area contributed by atoms with Gasteiger partial charge in [-0.1, -0.05) is 6.07 Å². The van der Waals surface area contributed by atoms with E-state index in [-0.39, 0.29) is 11.7 Å². The standard InChI is InChI=1S/C34H38FN5O4/c1-21-14-23(3)36-26(15-21)20-39-12-13-43-30-28(27-9-8-25(35)16-22(27)2)17-24(18-29(30)31(39)41)19-40-11-10-38(7)32(40)37-33(42)44-34(4,5)6/h8-11,14-18H,12-13,19-20H2,1-7H3. The van der Waals surface area contributed by atoms with Gasteiger partial charge in [0.15, 0.2) is 0 Å². The largest absolute Gasteiger partial charge is 0.490 e. The molecule has 2 aromatic heterocycles.